The normalized spacial score (nSPS) is 25.4. The molecule has 0 aromatic carbocycles. The summed E-state index contributed by atoms with van der Waals surface area (Å²) in [5.74, 6) is 1.14. The van der Waals surface area contributed by atoms with Crippen molar-refractivity contribution in [2.75, 3.05) is 32.4 Å². The largest absolute Gasteiger partial charge is 0.373 e. The van der Waals surface area contributed by atoms with Crippen LogP contribution < -0.4 is 10.6 Å². The first-order valence-corrected chi connectivity index (χ1v) is 9.87. The molecule has 0 radical (unpaired) electrons. The summed E-state index contributed by atoms with van der Waals surface area (Å²) in [6.07, 6.45) is -0.134. The van der Waals surface area contributed by atoms with Crippen LogP contribution in [0, 0.1) is 5.92 Å². The Bertz CT molecular complexity index is 483. The molecule has 0 bridgehead atoms. The van der Waals surface area contributed by atoms with Gasteiger partial charge in [0.15, 0.2) is 5.96 Å². The van der Waals surface area contributed by atoms with E-state index < -0.39 is 10.0 Å². The van der Waals surface area contributed by atoms with Crippen LogP contribution in [-0.4, -0.2) is 69.4 Å². The topological polar surface area (TPSA) is 83.0 Å². The molecule has 23 heavy (non-hydrogen) atoms. The average Bonchev–Trinajstić information content (AvgIpc) is 2.44. The van der Waals surface area contributed by atoms with Gasteiger partial charge >= 0.3 is 0 Å². The lowest BCUT2D eigenvalue weighted by atomic mass is 10.1. The molecule has 0 spiro atoms. The second-order valence-electron chi connectivity index (χ2n) is 6.57. The van der Waals surface area contributed by atoms with Crippen LogP contribution in [0.25, 0.3) is 0 Å². The summed E-state index contributed by atoms with van der Waals surface area (Å²) in [7, 11) is -1.61. The standard InChI is InChI=1S/C15H32N4O3S/c1-11(2)14(5)18-15(16-6)17-7-8-23(20,21)19-9-12(3)22-13(4)10-19/h11-14H,7-10H2,1-6H3,(H2,16,17,18). The minimum Gasteiger partial charge on any atom is -0.373 e. The number of nitrogens with zero attached hydrogens (tertiary/aromatic N) is 2. The van der Waals surface area contributed by atoms with Crippen LogP contribution in [0.4, 0.5) is 0 Å². The molecule has 1 heterocycles. The van der Waals surface area contributed by atoms with E-state index in [0.717, 1.165) is 0 Å². The Labute approximate surface area is 140 Å². The number of aliphatic imine (C=N–C) groups is 1. The van der Waals surface area contributed by atoms with Gasteiger partial charge < -0.3 is 15.4 Å². The van der Waals surface area contributed by atoms with E-state index in [9.17, 15) is 8.42 Å². The molecular weight excluding hydrogens is 316 g/mol. The van der Waals surface area contributed by atoms with Crippen LogP contribution in [0.2, 0.25) is 0 Å². The molecule has 3 atom stereocenters. The smallest absolute Gasteiger partial charge is 0.216 e. The van der Waals surface area contributed by atoms with E-state index >= 15 is 0 Å². The van der Waals surface area contributed by atoms with Gasteiger partial charge in [0, 0.05) is 32.7 Å². The van der Waals surface area contributed by atoms with Gasteiger partial charge in [-0.15, -0.1) is 0 Å². The third-order valence-electron chi connectivity index (χ3n) is 4.02. The molecule has 0 aliphatic carbocycles. The Balaban J connectivity index is 2.49. The van der Waals surface area contributed by atoms with Crippen LogP contribution in [0.5, 0.6) is 0 Å². The number of rotatable bonds is 6. The van der Waals surface area contributed by atoms with Crippen molar-refractivity contribution >= 4 is 16.0 Å². The van der Waals surface area contributed by atoms with E-state index in [0.29, 0.717) is 31.5 Å². The summed E-state index contributed by atoms with van der Waals surface area (Å²) >= 11 is 0. The average molecular weight is 349 g/mol. The van der Waals surface area contributed by atoms with Crippen molar-refractivity contribution in [3.8, 4) is 0 Å². The van der Waals surface area contributed by atoms with Gasteiger partial charge in [-0.3, -0.25) is 4.99 Å². The Morgan fingerprint density at radius 3 is 2.30 bits per heavy atom. The summed E-state index contributed by atoms with van der Waals surface area (Å²) in [6, 6.07) is 0.263. The van der Waals surface area contributed by atoms with Crippen LogP contribution in [0.1, 0.15) is 34.6 Å². The molecule has 136 valence electrons. The highest BCUT2D eigenvalue weighted by Gasteiger charge is 2.30. The highest BCUT2D eigenvalue weighted by atomic mass is 32.2. The number of hydrogen-bond donors (Lipinski definition) is 2. The molecule has 1 fully saturated rings. The lowest BCUT2D eigenvalue weighted by Gasteiger charge is -2.34. The summed E-state index contributed by atoms with van der Waals surface area (Å²) < 4.78 is 32.0. The van der Waals surface area contributed by atoms with Gasteiger partial charge in [-0.05, 0) is 26.7 Å². The zero-order valence-electron chi connectivity index (χ0n) is 15.2. The number of morpholine rings is 1. The third kappa shape index (κ3) is 6.64. The van der Waals surface area contributed by atoms with Gasteiger partial charge in [-0.1, -0.05) is 13.8 Å². The second-order valence-corrected chi connectivity index (χ2v) is 8.65. The molecular formula is C15H32N4O3S. The first kappa shape index (κ1) is 20.2. The van der Waals surface area contributed by atoms with Crippen molar-refractivity contribution in [2.45, 2.75) is 52.9 Å². The zero-order valence-corrected chi connectivity index (χ0v) is 16.0. The van der Waals surface area contributed by atoms with Gasteiger partial charge in [0.25, 0.3) is 0 Å². The van der Waals surface area contributed by atoms with Crippen LogP contribution >= 0.6 is 0 Å². The highest BCUT2D eigenvalue weighted by Crippen LogP contribution is 2.14. The monoisotopic (exact) mass is 348 g/mol. The molecule has 7 nitrogen and oxygen atoms in total. The van der Waals surface area contributed by atoms with E-state index in [1.807, 2.05) is 13.8 Å². The van der Waals surface area contributed by atoms with E-state index in [4.69, 9.17) is 4.74 Å². The van der Waals surface area contributed by atoms with Crippen LogP contribution in [-0.2, 0) is 14.8 Å². The van der Waals surface area contributed by atoms with Crippen molar-refractivity contribution in [1.29, 1.82) is 0 Å². The molecule has 1 aliphatic heterocycles. The molecule has 8 heteroatoms. The Morgan fingerprint density at radius 2 is 1.83 bits per heavy atom. The number of guanidine groups is 1. The number of sulfonamides is 1. The lowest BCUT2D eigenvalue weighted by Crippen LogP contribution is -2.50. The quantitative estimate of drug-likeness (QED) is 0.543. The molecule has 1 saturated heterocycles. The summed E-state index contributed by atoms with van der Waals surface area (Å²) in [6.45, 7) is 11.3. The Morgan fingerprint density at radius 1 is 1.26 bits per heavy atom. The summed E-state index contributed by atoms with van der Waals surface area (Å²) in [4.78, 5) is 4.13. The predicted molar refractivity (Wildman–Crippen MR) is 94.2 cm³/mol. The van der Waals surface area contributed by atoms with Gasteiger partial charge in [0.05, 0.1) is 18.0 Å². The maximum atomic E-state index is 12.4. The zero-order chi connectivity index (χ0) is 17.6. The molecule has 1 rings (SSSR count). The minimum atomic E-state index is -3.29. The van der Waals surface area contributed by atoms with E-state index in [1.54, 1.807) is 7.05 Å². The fraction of sp³-hybridized carbons (Fsp3) is 0.933. The van der Waals surface area contributed by atoms with Gasteiger partial charge in [-0.2, -0.15) is 4.31 Å². The third-order valence-corrected chi connectivity index (χ3v) is 5.82. The van der Waals surface area contributed by atoms with Gasteiger partial charge in [0.2, 0.25) is 10.0 Å². The van der Waals surface area contributed by atoms with Crippen molar-refractivity contribution in [1.82, 2.24) is 14.9 Å². The lowest BCUT2D eigenvalue weighted by molar-refractivity contribution is -0.0440. The molecule has 3 unspecified atom stereocenters. The van der Waals surface area contributed by atoms with E-state index in [1.165, 1.54) is 4.31 Å². The van der Waals surface area contributed by atoms with E-state index in [-0.39, 0.29) is 24.0 Å². The van der Waals surface area contributed by atoms with Crippen molar-refractivity contribution < 1.29 is 13.2 Å². The fourth-order valence-corrected chi connectivity index (χ4v) is 3.85. The SMILES string of the molecule is CN=C(NCCS(=O)(=O)N1CC(C)OC(C)C1)NC(C)C(C)C. The number of hydrogen-bond acceptors (Lipinski definition) is 4. The molecule has 0 amide bonds. The maximum absolute atomic E-state index is 12.4. The molecule has 1 aliphatic rings. The molecule has 0 aromatic heterocycles. The van der Waals surface area contributed by atoms with Crippen LogP contribution in [0.3, 0.4) is 0 Å². The van der Waals surface area contributed by atoms with Crippen LogP contribution in [0.15, 0.2) is 4.99 Å². The van der Waals surface area contributed by atoms with Gasteiger partial charge in [-0.25, -0.2) is 8.42 Å². The van der Waals surface area contributed by atoms with Gasteiger partial charge in [0.1, 0.15) is 0 Å². The van der Waals surface area contributed by atoms with Crippen molar-refractivity contribution in [3.63, 3.8) is 0 Å². The first-order chi connectivity index (χ1) is 10.7. The minimum absolute atomic E-state index is 0.0448. The fourth-order valence-electron chi connectivity index (χ4n) is 2.36. The van der Waals surface area contributed by atoms with Crippen molar-refractivity contribution in [2.24, 2.45) is 10.9 Å². The molecule has 0 aromatic rings. The van der Waals surface area contributed by atoms with Crippen molar-refractivity contribution in [3.05, 3.63) is 0 Å². The number of ether oxygens (including phenoxy) is 1. The summed E-state index contributed by atoms with van der Waals surface area (Å²) in [5.41, 5.74) is 0. The van der Waals surface area contributed by atoms with E-state index in [2.05, 4.69) is 36.4 Å². The Hall–Kier alpha value is -0.860. The predicted octanol–water partition coefficient (Wildman–Crippen LogP) is 0.635. The molecule has 2 N–H and O–H groups in total. The number of nitrogens with one attached hydrogen (secondary N) is 2. The Kier molecular flexibility index (Phi) is 7.76. The highest BCUT2D eigenvalue weighted by molar-refractivity contribution is 7.89. The summed E-state index contributed by atoms with van der Waals surface area (Å²) in [5, 5.41) is 6.33. The maximum Gasteiger partial charge on any atom is 0.216 e. The molecule has 0 saturated carbocycles. The second kappa shape index (κ2) is 8.84. The first-order valence-electron chi connectivity index (χ1n) is 8.26.